The highest BCUT2D eigenvalue weighted by Crippen LogP contribution is 2.06. The smallest absolute Gasteiger partial charge is 0.328 e. The third-order valence-corrected chi connectivity index (χ3v) is 2.39. The average Bonchev–Trinajstić information content (AvgIpc) is 2.34. The van der Waals surface area contributed by atoms with Gasteiger partial charge in [0, 0.05) is 18.5 Å². The lowest BCUT2D eigenvalue weighted by atomic mass is 10.1. The molecule has 4 nitrogen and oxygen atoms in total. The molecule has 0 aliphatic heterocycles. The number of carbonyl (C=O) groups excluding carboxylic acids is 1. The standard InChI is InChI=1S/C14H17NO3/c1-10(2)14(18)15-9-12-5-3-11(4-6-12)7-8-13(16)17/h3-8,10H,9H2,1-2H3,(H,15,18)(H,16,17). The highest BCUT2D eigenvalue weighted by Gasteiger charge is 2.05. The van der Waals surface area contributed by atoms with Gasteiger partial charge in [0.2, 0.25) is 5.91 Å². The van der Waals surface area contributed by atoms with Crippen molar-refractivity contribution in [1.29, 1.82) is 0 Å². The SMILES string of the molecule is CC(C)C(=O)NCc1ccc(C=CC(=O)O)cc1. The molecule has 0 bridgehead atoms. The lowest BCUT2D eigenvalue weighted by Gasteiger charge is -2.07. The van der Waals surface area contributed by atoms with E-state index in [-0.39, 0.29) is 11.8 Å². The van der Waals surface area contributed by atoms with E-state index in [1.807, 2.05) is 38.1 Å². The molecule has 1 aromatic carbocycles. The van der Waals surface area contributed by atoms with Crippen molar-refractivity contribution in [2.24, 2.45) is 5.92 Å². The van der Waals surface area contributed by atoms with Crippen LogP contribution < -0.4 is 5.32 Å². The molecule has 0 spiro atoms. The zero-order valence-electron chi connectivity index (χ0n) is 10.5. The van der Waals surface area contributed by atoms with Crippen LogP contribution in [0.4, 0.5) is 0 Å². The third-order valence-electron chi connectivity index (χ3n) is 2.39. The Kier molecular flexibility index (Phi) is 5.11. The largest absolute Gasteiger partial charge is 0.478 e. The van der Waals surface area contributed by atoms with Crippen LogP contribution in [-0.4, -0.2) is 17.0 Å². The van der Waals surface area contributed by atoms with E-state index in [9.17, 15) is 9.59 Å². The number of rotatable bonds is 5. The number of amides is 1. The van der Waals surface area contributed by atoms with Crippen LogP contribution in [0.3, 0.4) is 0 Å². The quantitative estimate of drug-likeness (QED) is 0.783. The molecule has 0 saturated carbocycles. The molecule has 0 fully saturated rings. The van der Waals surface area contributed by atoms with Crippen LogP contribution in [0.25, 0.3) is 6.08 Å². The molecule has 0 aliphatic carbocycles. The lowest BCUT2D eigenvalue weighted by molar-refractivity contribution is -0.131. The summed E-state index contributed by atoms with van der Waals surface area (Å²) in [6.45, 7) is 4.17. The van der Waals surface area contributed by atoms with Gasteiger partial charge in [-0.25, -0.2) is 4.79 Å². The summed E-state index contributed by atoms with van der Waals surface area (Å²) in [6, 6.07) is 7.36. The predicted octanol–water partition coefficient (Wildman–Crippen LogP) is 2.06. The average molecular weight is 247 g/mol. The fourth-order valence-electron chi connectivity index (χ4n) is 1.31. The number of benzene rings is 1. The Morgan fingerprint density at radius 2 is 1.89 bits per heavy atom. The molecule has 96 valence electrons. The molecule has 0 atom stereocenters. The zero-order valence-corrected chi connectivity index (χ0v) is 10.5. The second-order valence-corrected chi connectivity index (χ2v) is 4.29. The molecule has 0 aromatic heterocycles. The van der Waals surface area contributed by atoms with Crippen LogP contribution in [-0.2, 0) is 16.1 Å². The van der Waals surface area contributed by atoms with Crippen molar-refractivity contribution < 1.29 is 14.7 Å². The van der Waals surface area contributed by atoms with Crippen molar-refractivity contribution in [2.45, 2.75) is 20.4 Å². The lowest BCUT2D eigenvalue weighted by Crippen LogP contribution is -2.27. The first-order chi connectivity index (χ1) is 8.49. The summed E-state index contributed by atoms with van der Waals surface area (Å²) >= 11 is 0. The zero-order chi connectivity index (χ0) is 13.5. The molecule has 1 rings (SSSR count). The molecule has 0 radical (unpaired) electrons. The Morgan fingerprint density at radius 3 is 2.39 bits per heavy atom. The van der Waals surface area contributed by atoms with Crippen LogP contribution >= 0.6 is 0 Å². The van der Waals surface area contributed by atoms with Crippen molar-refractivity contribution in [3.05, 3.63) is 41.5 Å². The second-order valence-electron chi connectivity index (χ2n) is 4.29. The fraction of sp³-hybridized carbons (Fsp3) is 0.286. The molecule has 2 N–H and O–H groups in total. The summed E-state index contributed by atoms with van der Waals surface area (Å²) in [5, 5.41) is 11.3. The maximum atomic E-state index is 11.4. The second kappa shape index (κ2) is 6.59. The maximum Gasteiger partial charge on any atom is 0.328 e. The minimum Gasteiger partial charge on any atom is -0.478 e. The number of nitrogens with one attached hydrogen (secondary N) is 1. The third kappa shape index (κ3) is 4.82. The van der Waals surface area contributed by atoms with Crippen LogP contribution in [0.1, 0.15) is 25.0 Å². The molecule has 18 heavy (non-hydrogen) atoms. The minimum atomic E-state index is -0.969. The van der Waals surface area contributed by atoms with Gasteiger partial charge in [-0.1, -0.05) is 38.1 Å². The number of aliphatic carboxylic acids is 1. The highest BCUT2D eigenvalue weighted by molar-refractivity contribution is 5.85. The fourth-order valence-corrected chi connectivity index (χ4v) is 1.31. The van der Waals surface area contributed by atoms with Gasteiger partial charge >= 0.3 is 5.97 Å². The number of carboxylic acids is 1. The molecule has 0 saturated heterocycles. The van der Waals surface area contributed by atoms with E-state index in [2.05, 4.69) is 5.32 Å². The topological polar surface area (TPSA) is 66.4 Å². The van der Waals surface area contributed by atoms with Crippen LogP contribution in [0.2, 0.25) is 0 Å². The van der Waals surface area contributed by atoms with Gasteiger partial charge in [-0.2, -0.15) is 0 Å². The van der Waals surface area contributed by atoms with Gasteiger partial charge in [-0.15, -0.1) is 0 Å². The van der Waals surface area contributed by atoms with Crippen molar-refractivity contribution in [3.63, 3.8) is 0 Å². The van der Waals surface area contributed by atoms with E-state index in [0.29, 0.717) is 6.54 Å². The number of hydrogen-bond acceptors (Lipinski definition) is 2. The van der Waals surface area contributed by atoms with Gasteiger partial charge in [-0.05, 0) is 17.2 Å². The molecule has 4 heteroatoms. The van der Waals surface area contributed by atoms with E-state index >= 15 is 0 Å². The van der Waals surface area contributed by atoms with E-state index < -0.39 is 5.97 Å². The van der Waals surface area contributed by atoms with Gasteiger partial charge in [0.1, 0.15) is 0 Å². The first-order valence-corrected chi connectivity index (χ1v) is 5.76. The number of carboxylic acid groups (broad SMARTS) is 1. The van der Waals surface area contributed by atoms with E-state index in [1.54, 1.807) is 0 Å². The van der Waals surface area contributed by atoms with Crippen LogP contribution in [0, 0.1) is 5.92 Å². The van der Waals surface area contributed by atoms with Crippen molar-refractivity contribution in [1.82, 2.24) is 5.32 Å². The Labute approximate surface area is 106 Å². The predicted molar refractivity (Wildman–Crippen MR) is 69.8 cm³/mol. The molecular weight excluding hydrogens is 230 g/mol. The first kappa shape index (κ1) is 14.0. The van der Waals surface area contributed by atoms with E-state index in [0.717, 1.165) is 17.2 Å². The van der Waals surface area contributed by atoms with E-state index in [4.69, 9.17) is 5.11 Å². The Balaban J connectivity index is 2.55. The molecule has 0 unspecified atom stereocenters. The summed E-state index contributed by atoms with van der Waals surface area (Å²) in [6.07, 6.45) is 2.62. The van der Waals surface area contributed by atoms with Crippen molar-refractivity contribution >= 4 is 18.0 Å². The molecular formula is C14H17NO3. The molecule has 0 aliphatic rings. The molecule has 1 amide bonds. The Bertz CT molecular complexity index is 447. The van der Waals surface area contributed by atoms with E-state index in [1.165, 1.54) is 6.08 Å². The van der Waals surface area contributed by atoms with Gasteiger partial charge in [-0.3, -0.25) is 4.79 Å². The number of carbonyl (C=O) groups is 2. The summed E-state index contributed by atoms with van der Waals surface area (Å²) in [4.78, 5) is 21.7. The van der Waals surface area contributed by atoms with Crippen LogP contribution in [0.5, 0.6) is 0 Å². The van der Waals surface area contributed by atoms with Gasteiger partial charge in [0.05, 0.1) is 0 Å². The van der Waals surface area contributed by atoms with Crippen molar-refractivity contribution in [2.75, 3.05) is 0 Å². The summed E-state index contributed by atoms with van der Waals surface area (Å²) in [5.74, 6) is -0.976. The van der Waals surface area contributed by atoms with Gasteiger partial charge in [0.15, 0.2) is 0 Å². The first-order valence-electron chi connectivity index (χ1n) is 5.76. The normalized spacial score (nSPS) is 10.8. The Morgan fingerprint density at radius 1 is 1.28 bits per heavy atom. The molecule has 0 heterocycles. The summed E-state index contributed by atoms with van der Waals surface area (Å²) in [7, 11) is 0. The van der Waals surface area contributed by atoms with Crippen LogP contribution in [0.15, 0.2) is 30.3 Å². The maximum absolute atomic E-state index is 11.4. The van der Waals surface area contributed by atoms with Crippen molar-refractivity contribution in [3.8, 4) is 0 Å². The van der Waals surface area contributed by atoms with Gasteiger partial charge in [0.25, 0.3) is 0 Å². The number of hydrogen-bond donors (Lipinski definition) is 2. The molecule has 1 aromatic rings. The van der Waals surface area contributed by atoms with Gasteiger partial charge < -0.3 is 10.4 Å². The summed E-state index contributed by atoms with van der Waals surface area (Å²) < 4.78 is 0. The monoisotopic (exact) mass is 247 g/mol. The minimum absolute atomic E-state index is 0.0184. The summed E-state index contributed by atoms with van der Waals surface area (Å²) in [5.41, 5.74) is 1.80. The highest BCUT2D eigenvalue weighted by atomic mass is 16.4. The Hall–Kier alpha value is -2.10.